The molecule has 8 nitrogen and oxygen atoms in total. The molecule has 182 valence electrons. The van der Waals surface area contributed by atoms with Crippen LogP contribution in [0.2, 0.25) is 0 Å². The monoisotopic (exact) mass is 486 g/mol. The second-order valence-corrected chi connectivity index (χ2v) is 9.02. The number of anilines is 1. The van der Waals surface area contributed by atoms with Gasteiger partial charge in [0.2, 0.25) is 0 Å². The molecule has 0 fully saturated rings. The highest BCUT2D eigenvalue weighted by molar-refractivity contribution is 6.00. The Morgan fingerprint density at radius 2 is 1.73 bits per heavy atom. The molecule has 37 heavy (non-hydrogen) atoms. The predicted octanol–water partition coefficient (Wildman–Crippen LogP) is 6.74. The molecule has 6 aromatic rings. The summed E-state index contributed by atoms with van der Waals surface area (Å²) in [6, 6.07) is 12.1. The van der Waals surface area contributed by atoms with E-state index in [4.69, 9.17) is 0 Å². The summed E-state index contributed by atoms with van der Waals surface area (Å²) in [5.41, 5.74) is 9.13. The molecule has 0 unspecified atom stereocenters. The van der Waals surface area contributed by atoms with Crippen molar-refractivity contribution < 1.29 is 0 Å². The lowest BCUT2D eigenvalue weighted by molar-refractivity contribution is 0.791. The van der Waals surface area contributed by atoms with E-state index in [1.807, 2.05) is 48.9 Å². The number of allylic oxidation sites excluding steroid dienone is 1. The number of aromatic amines is 2. The Kier molecular flexibility index (Phi) is 5.90. The molecule has 0 aromatic carbocycles. The van der Waals surface area contributed by atoms with Crippen LogP contribution < -0.4 is 5.32 Å². The van der Waals surface area contributed by atoms with E-state index in [0.717, 1.165) is 86.4 Å². The first-order valence-electron chi connectivity index (χ1n) is 12.3. The van der Waals surface area contributed by atoms with E-state index >= 15 is 0 Å². The van der Waals surface area contributed by atoms with Crippen LogP contribution in [0, 0.1) is 0 Å². The third kappa shape index (κ3) is 4.45. The lowest BCUT2D eigenvalue weighted by Crippen LogP contribution is -1.99. The number of aromatic nitrogens is 7. The predicted molar refractivity (Wildman–Crippen MR) is 148 cm³/mol. The minimum absolute atomic E-state index is 0.820. The molecule has 0 aliphatic carbocycles. The Labute approximate surface area is 214 Å². The van der Waals surface area contributed by atoms with Gasteiger partial charge < -0.3 is 10.3 Å². The number of unbranched alkanes of at least 4 members (excludes halogenated alkanes) is 1. The summed E-state index contributed by atoms with van der Waals surface area (Å²) in [6.07, 6.45) is 14.0. The van der Waals surface area contributed by atoms with Gasteiger partial charge in [-0.3, -0.25) is 25.0 Å². The van der Waals surface area contributed by atoms with Crippen molar-refractivity contribution in [3.8, 4) is 33.9 Å². The van der Waals surface area contributed by atoms with Crippen molar-refractivity contribution in [1.29, 1.82) is 0 Å². The third-order valence-electron chi connectivity index (χ3n) is 6.39. The average Bonchev–Trinajstić information content (AvgIpc) is 3.56. The number of nitrogens with zero attached hydrogens (tertiary/aromatic N) is 5. The molecule has 6 rings (SSSR count). The number of rotatable bonds is 8. The maximum absolute atomic E-state index is 4.66. The first-order chi connectivity index (χ1) is 18.2. The lowest BCUT2D eigenvalue weighted by Gasteiger charge is -2.10. The summed E-state index contributed by atoms with van der Waals surface area (Å²) in [5, 5.41) is 13.1. The van der Waals surface area contributed by atoms with Crippen molar-refractivity contribution in [3.05, 3.63) is 85.9 Å². The largest absolute Gasteiger partial charge is 0.358 e. The van der Waals surface area contributed by atoms with Crippen molar-refractivity contribution in [3.63, 3.8) is 0 Å². The molecule has 0 aliphatic heterocycles. The molecule has 0 bridgehead atoms. The van der Waals surface area contributed by atoms with E-state index < -0.39 is 0 Å². The zero-order valence-electron chi connectivity index (χ0n) is 20.5. The molecule has 3 N–H and O–H groups in total. The van der Waals surface area contributed by atoms with E-state index in [0.29, 0.717) is 0 Å². The topological polar surface area (TPSA) is 108 Å². The molecule has 6 aromatic heterocycles. The molecular formula is C29H26N8. The molecule has 8 heteroatoms. The van der Waals surface area contributed by atoms with Crippen LogP contribution >= 0.6 is 0 Å². The molecule has 0 atom stereocenters. The summed E-state index contributed by atoms with van der Waals surface area (Å²) in [6.45, 7) is 6.31. The fourth-order valence-corrected chi connectivity index (χ4v) is 4.51. The third-order valence-corrected chi connectivity index (χ3v) is 6.39. The zero-order chi connectivity index (χ0) is 25.2. The Hall–Kier alpha value is -4.85. The Morgan fingerprint density at radius 1 is 0.865 bits per heavy atom. The van der Waals surface area contributed by atoms with Crippen molar-refractivity contribution in [2.75, 3.05) is 5.32 Å². The second-order valence-electron chi connectivity index (χ2n) is 9.02. The summed E-state index contributed by atoms with van der Waals surface area (Å²) in [5.74, 6) is 0. The van der Waals surface area contributed by atoms with Crippen LogP contribution in [0.4, 0.5) is 5.69 Å². The number of fused-ring (bicyclic) bond motifs is 2. The van der Waals surface area contributed by atoms with Gasteiger partial charge in [0.15, 0.2) is 0 Å². The maximum Gasteiger partial charge on any atom is 0.116 e. The van der Waals surface area contributed by atoms with Crippen LogP contribution in [0.3, 0.4) is 0 Å². The quantitative estimate of drug-likeness (QED) is 0.220. The summed E-state index contributed by atoms with van der Waals surface area (Å²) in [4.78, 5) is 21.4. The van der Waals surface area contributed by atoms with Gasteiger partial charge in [-0.05, 0) is 49.2 Å². The summed E-state index contributed by atoms with van der Waals surface area (Å²) < 4.78 is 0. The van der Waals surface area contributed by atoms with Crippen molar-refractivity contribution in [2.24, 2.45) is 0 Å². The number of nitrogens with one attached hydrogen (secondary N) is 3. The number of H-pyrrole nitrogens is 2. The number of hydrogen-bond acceptors (Lipinski definition) is 6. The summed E-state index contributed by atoms with van der Waals surface area (Å²) >= 11 is 0. The van der Waals surface area contributed by atoms with Crippen molar-refractivity contribution in [1.82, 2.24) is 35.1 Å². The normalized spacial score (nSPS) is 11.3. The first kappa shape index (κ1) is 22.6. The van der Waals surface area contributed by atoms with Gasteiger partial charge in [-0.25, -0.2) is 0 Å². The molecule has 0 aliphatic rings. The van der Waals surface area contributed by atoms with Gasteiger partial charge in [-0.2, -0.15) is 5.10 Å². The number of hydrogen-bond donors (Lipinski definition) is 3. The van der Waals surface area contributed by atoms with E-state index in [1.54, 1.807) is 18.6 Å². The fourth-order valence-electron chi connectivity index (χ4n) is 4.51. The molecule has 0 radical (unpaired) electrons. The second kappa shape index (κ2) is 9.66. The first-order valence-corrected chi connectivity index (χ1v) is 12.3. The highest BCUT2D eigenvalue weighted by atomic mass is 15.1. The van der Waals surface area contributed by atoms with E-state index in [9.17, 15) is 0 Å². The van der Waals surface area contributed by atoms with Crippen LogP contribution in [-0.2, 0) is 0 Å². The van der Waals surface area contributed by atoms with Crippen LogP contribution in [0.1, 0.15) is 26.2 Å². The van der Waals surface area contributed by atoms with Gasteiger partial charge in [0, 0.05) is 57.9 Å². The van der Waals surface area contributed by atoms with Crippen LogP contribution in [0.15, 0.2) is 85.9 Å². The maximum atomic E-state index is 4.66. The van der Waals surface area contributed by atoms with Crippen LogP contribution in [0.25, 0.3) is 55.7 Å². The minimum Gasteiger partial charge on any atom is -0.358 e. The average molecular weight is 487 g/mol. The van der Waals surface area contributed by atoms with Gasteiger partial charge in [-0.15, -0.1) is 0 Å². The molecule has 6 heterocycles. The fraction of sp³-hybridized carbons (Fsp3) is 0.138. The SMILES string of the molecule is C=C(CCCC)Nc1cncc(-c2cc3c(-c4cc5c(-c6ccncc6)nccc5[nH]4)n[nH]c3cn2)c1. The smallest absolute Gasteiger partial charge is 0.116 e. The van der Waals surface area contributed by atoms with Crippen LogP contribution in [-0.4, -0.2) is 35.1 Å². The Bertz CT molecular complexity index is 1710. The van der Waals surface area contributed by atoms with E-state index in [1.165, 1.54) is 0 Å². The van der Waals surface area contributed by atoms with Gasteiger partial charge in [-0.1, -0.05) is 19.9 Å². The number of pyridine rings is 4. The molecule has 0 spiro atoms. The molecule has 0 saturated heterocycles. The highest BCUT2D eigenvalue weighted by Crippen LogP contribution is 2.34. The van der Waals surface area contributed by atoms with Gasteiger partial charge >= 0.3 is 0 Å². The molecule has 0 saturated carbocycles. The standard InChI is InChI=1S/C29H26N8/c1-3-4-5-18(2)34-21-12-20(15-31-16-21)25-13-23-27(17-33-25)36-37-29(23)26-14-22-24(35-26)8-11-32-28(22)19-6-9-30-10-7-19/h6-17,34-35H,2-5H2,1H3,(H,36,37). The van der Waals surface area contributed by atoms with E-state index in [2.05, 4.69) is 60.0 Å². The molecular weight excluding hydrogens is 460 g/mol. The zero-order valence-corrected chi connectivity index (χ0v) is 20.5. The van der Waals surface area contributed by atoms with Gasteiger partial charge in [0.25, 0.3) is 0 Å². The molecule has 0 amide bonds. The van der Waals surface area contributed by atoms with E-state index in [-0.39, 0.29) is 0 Å². The Balaban J connectivity index is 1.37. The highest BCUT2D eigenvalue weighted by Gasteiger charge is 2.15. The van der Waals surface area contributed by atoms with Gasteiger partial charge in [0.1, 0.15) is 5.69 Å². The lowest BCUT2D eigenvalue weighted by atomic mass is 10.1. The van der Waals surface area contributed by atoms with Gasteiger partial charge in [0.05, 0.1) is 40.7 Å². The van der Waals surface area contributed by atoms with Crippen molar-refractivity contribution in [2.45, 2.75) is 26.2 Å². The minimum atomic E-state index is 0.820. The Morgan fingerprint density at radius 3 is 2.59 bits per heavy atom. The van der Waals surface area contributed by atoms with Crippen LogP contribution in [0.5, 0.6) is 0 Å². The van der Waals surface area contributed by atoms with Crippen molar-refractivity contribution >= 4 is 27.5 Å². The summed E-state index contributed by atoms with van der Waals surface area (Å²) in [7, 11) is 0.